The molecule has 0 aliphatic carbocycles. The van der Waals surface area contributed by atoms with Crippen LogP contribution in [0.1, 0.15) is 11.5 Å². The quantitative estimate of drug-likeness (QED) is 0.444. The molecule has 0 atom stereocenters. The SMILES string of the molecule is Cc1cc(SCC(=O)NN=Cc2ccco2)c2ccccc2n1. The summed E-state index contributed by atoms with van der Waals surface area (Å²) in [5.41, 5.74) is 4.36. The van der Waals surface area contributed by atoms with Crippen molar-refractivity contribution in [3.63, 3.8) is 0 Å². The Bertz CT molecular complexity index is 844. The van der Waals surface area contributed by atoms with Crippen LogP contribution in [0.2, 0.25) is 0 Å². The number of hydrogen-bond donors (Lipinski definition) is 1. The highest BCUT2D eigenvalue weighted by atomic mass is 32.2. The molecule has 116 valence electrons. The van der Waals surface area contributed by atoms with E-state index in [9.17, 15) is 4.79 Å². The number of nitrogens with one attached hydrogen (secondary N) is 1. The topological polar surface area (TPSA) is 67.5 Å². The van der Waals surface area contributed by atoms with Crippen molar-refractivity contribution < 1.29 is 9.21 Å². The molecule has 0 fully saturated rings. The van der Waals surface area contributed by atoms with E-state index in [-0.39, 0.29) is 11.7 Å². The fraction of sp³-hybridized carbons (Fsp3) is 0.118. The highest BCUT2D eigenvalue weighted by Crippen LogP contribution is 2.27. The van der Waals surface area contributed by atoms with Gasteiger partial charge in [-0.05, 0) is 31.2 Å². The summed E-state index contributed by atoms with van der Waals surface area (Å²) in [5.74, 6) is 0.702. The number of hydrazone groups is 1. The van der Waals surface area contributed by atoms with E-state index in [1.54, 1.807) is 18.4 Å². The van der Waals surface area contributed by atoms with Crippen LogP contribution in [0.3, 0.4) is 0 Å². The molecule has 0 unspecified atom stereocenters. The van der Waals surface area contributed by atoms with Gasteiger partial charge in [0.2, 0.25) is 5.91 Å². The van der Waals surface area contributed by atoms with Gasteiger partial charge in [-0.25, -0.2) is 5.43 Å². The minimum absolute atomic E-state index is 0.170. The van der Waals surface area contributed by atoms with E-state index in [1.807, 2.05) is 37.3 Å². The summed E-state index contributed by atoms with van der Waals surface area (Å²) in [6, 6.07) is 13.4. The van der Waals surface area contributed by atoms with Crippen molar-refractivity contribution in [1.29, 1.82) is 0 Å². The molecule has 1 N–H and O–H groups in total. The molecule has 23 heavy (non-hydrogen) atoms. The van der Waals surface area contributed by atoms with E-state index in [0.29, 0.717) is 5.76 Å². The Balaban J connectivity index is 1.63. The molecular weight excluding hydrogens is 310 g/mol. The second-order valence-corrected chi connectivity index (χ2v) is 5.89. The first kappa shape index (κ1) is 15.3. The summed E-state index contributed by atoms with van der Waals surface area (Å²) in [6.45, 7) is 1.95. The summed E-state index contributed by atoms with van der Waals surface area (Å²) in [7, 11) is 0. The average Bonchev–Trinajstić information content (AvgIpc) is 3.06. The van der Waals surface area contributed by atoms with Gasteiger partial charge in [-0.3, -0.25) is 9.78 Å². The van der Waals surface area contributed by atoms with Gasteiger partial charge >= 0.3 is 0 Å². The summed E-state index contributed by atoms with van der Waals surface area (Å²) >= 11 is 1.47. The van der Waals surface area contributed by atoms with Crippen LogP contribution < -0.4 is 5.43 Å². The van der Waals surface area contributed by atoms with Crippen LogP contribution in [0.5, 0.6) is 0 Å². The van der Waals surface area contributed by atoms with E-state index in [4.69, 9.17) is 4.42 Å². The lowest BCUT2D eigenvalue weighted by molar-refractivity contribution is -0.118. The number of fused-ring (bicyclic) bond motifs is 1. The highest BCUT2D eigenvalue weighted by Gasteiger charge is 2.07. The third-order valence-electron chi connectivity index (χ3n) is 3.09. The summed E-state index contributed by atoms with van der Waals surface area (Å²) in [4.78, 5) is 17.4. The molecule has 0 aliphatic rings. The lowest BCUT2D eigenvalue weighted by Crippen LogP contribution is -2.19. The van der Waals surface area contributed by atoms with E-state index >= 15 is 0 Å². The van der Waals surface area contributed by atoms with E-state index in [2.05, 4.69) is 15.5 Å². The molecule has 5 nitrogen and oxygen atoms in total. The highest BCUT2D eigenvalue weighted by molar-refractivity contribution is 8.00. The second kappa shape index (κ2) is 7.11. The van der Waals surface area contributed by atoms with Crippen LogP contribution >= 0.6 is 11.8 Å². The fourth-order valence-electron chi connectivity index (χ4n) is 2.10. The van der Waals surface area contributed by atoms with Crippen LogP contribution in [0, 0.1) is 6.92 Å². The molecule has 0 radical (unpaired) electrons. The number of hydrogen-bond acceptors (Lipinski definition) is 5. The zero-order valence-corrected chi connectivity index (χ0v) is 13.3. The number of benzene rings is 1. The van der Waals surface area contributed by atoms with E-state index in [1.165, 1.54) is 18.0 Å². The van der Waals surface area contributed by atoms with Crippen LogP contribution in [0.25, 0.3) is 10.9 Å². The van der Waals surface area contributed by atoms with Gasteiger partial charge in [-0.1, -0.05) is 18.2 Å². The lowest BCUT2D eigenvalue weighted by Gasteiger charge is -2.07. The van der Waals surface area contributed by atoms with Crippen molar-refractivity contribution in [2.75, 3.05) is 5.75 Å². The molecule has 0 saturated heterocycles. The molecule has 2 aromatic heterocycles. The third kappa shape index (κ3) is 3.98. The van der Waals surface area contributed by atoms with Crippen LogP contribution in [-0.2, 0) is 4.79 Å². The predicted octanol–water partition coefficient (Wildman–Crippen LogP) is 3.38. The Morgan fingerprint density at radius 2 is 2.22 bits per heavy atom. The molecule has 6 heteroatoms. The first-order valence-corrected chi connectivity index (χ1v) is 8.05. The molecule has 3 aromatic rings. The average molecular weight is 325 g/mol. The monoisotopic (exact) mass is 325 g/mol. The number of rotatable bonds is 5. The third-order valence-corrected chi connectivity index (χ3v) is 4.14. The van der Waals surface area contributed by atoms with Crippen LogP contribution in [-0.4, -0.2) is 22.9 Å². The van der Waals surface area contributed by atoms with Crippen molar-refractivity contribution in [2.45, 2.75) is 11.8 Å². The number of furan rings is 1. The summed E-state index contributed by atoms with van der Waals surface area (Å²) in [5, 5.41) is 4.91. The molecule has 1 aromatic carbocycles. The van der Waals surface area contributed by atoms with Crippen LogP contribution in [0.4, 0.5) is 0 Å². The minimum atomic E-state index is -0.170. The number of carbonyl (C=O) groups is 1. The lowest BCUT2D eigenvalue weighted by atomic mass is 10.2. The smallest absolute Gasteiger partial charge is 0.250 e. The van der Waals surface area contributed by atoms with E-state index < -0.39 is 0 Å². The van der Waals surface area contributed by atoms with Crippen molar-refractivity contribution >= 4 is 34.8 Å². The van der Waals surface area contributed by atoms with E-state index in [0.717, 1.165) is 21.5 Å². The van der Waals surface area contributed by atoms with Crippen molar-refractivity contribution in [1.82, 2.24) is 10.4 Å². The number of aryl methyl sites for hydroxylation is 1. The summed E-state index contributed by atoms with van der Waals surface area (Å²) < 4.78 is 5.09. The molecule has 0 bridgehead atoms. The number of carbonyl (C=O) groups excluding carboxylic acids is 1. The number of thioether (sulfide) groups is 1. The number of amides is 1. The minimum Gasteiger partial charge on any atom is -0.463 e. The largest absolute Gasteiger partial charge is 0.463 e. The molecule has 3 rings (SSSR count). The Morgan fingerprint density at radius 1 is 1.35 bits per heavy atom. The maximum absolute atomic E-state index is 11.9. The van der Waals surface area contributed by atoms with Gasteiger partial charge in [0.15, 0.2) is 0 Å². The standard InChI is InChI=1S/C17H15N3O2S/c1-12-9-16(14-6-2-3-7-15(14)19-12)23-11-17(21)20-18-10-13-5-4-8-22-13/h2-10H,11H2,1H3,(H,20,21). The Hall–Kier alpha value is -2.60. The normalized spacial score (nSPS) is 11.2. The Labute approximate surface area is 137 Å². The zero-order chi connectivity index (χ0) is 16.1. The van der Waals surface area contributed by atoms with Gasteiger partial charge in [0.1, 0.15) is 5.76 Å². The van der Waals surface area contributed by atoms with Gasteiger partial charge in [-0.2, -0.15) is 5.10 Å². The van der Waals surface area contributed by atoms with Crippen molar-refractivity contribution in [3.05, 3.63) is 60.2 Å². The van der Waals surface area contributed by atoms with Crippen LogP contribution in [0.15, 0.2) is 63.1 Å². The maximum Gasteiger partial charge on any atom is 0.250 e. The van der Waals surface area contributed by atoms with Gasteiger partial charge < -0.3 is 4.42 Å². The molecule has 0 spiro atoms. The van der Waals surface area contributed by atoms with Crippen molar-refractivity contribution in [3.8, 4) is 0 Å². The van der Waals surface area contributed by atoms with Crippen molar-refractivity contribution in [2.24, 2.45) is 5.10 Å². The molecule has 0 aliphatic heterocycles. The van der Waals surface area contributed by atoms with Gasteiger partial charge in [0, 0.05) is 16.0 Å². The second-order valence-electron chi connectivity index (χ2n) is 4.88. The Kier molecular flexibility index (Phi) is 4.73. The van der Waals surface area contributed by atoms with Gasteiger partial charge in [0.25, 0.3) is 0 Å². The molecule has 2 heterocycles. The number of nitrogens with zero attached hydrogens (tertiary/aromatic N) is 2. The molecular formula is C17H15N3O2S. The molecule has 1 amide bonds. The zero-order valence-electron chi connectivity index (χ0n) is 12.5. The molecule has 0 saturated carbocycles. The first-order chi connectivity index (χ1) is 11.2. The summed E-state index contributed by atoms with van der Waals surface area (Å²) in [6.07, 6.45) is 3.02. The fourth-order valence-corrected chi connectivity index (χ4v) is 3.03. The Morgan fingerprint density at radius 3 is 3.04 bits per heavy atom. The van der Waals surface area contributed by atoms with Gasteiger partial charge in [-0.15, -0.1) is 11.8 Å². The number of aromatic nitrogens is 1. The first-order valence-electron chi connectivity index (χ1n) is 7.07. The maximum atomic E-state index is 11.9. The predicted molar refractivity (Wildman–Crippen MR) is 91.6 cm³/mol. The van der Waals surface area contributed by atoms with Gasteiger partial charge in [0.05, 0.1) is 23.7 Å². The number of para-hydroxylation sites is 1. The number of pyridine rings is 1.